The molecule has 0 aliphatic carbocycles. The van der Waals surface area contributed by atoms with Crippen LogP contribution in [0.5, 0.6) is 0 Å². The number of aromatic carboxylic acids is 1. The van der Waals surface area contributed by atoms with E-state index in [4.69, 9.17) is 5.11 Å². The Morgan fingerprint density at radius 3 is 2.71 bits per heavy atom. The lowest BCUT2D eigenvalue weighted by Gasteiger charge is -2.04. The fourth-order valence-electron chi connectivity index (χ4n) is 1.12. The number of amides is 2. The van der Waals surface area contributed by atoms with E-state index >= 15 is 0 Å². The molecule has 92 valence electrons. The lowest BCUT2D eigenvalue weighted by atomic mass is 10.3. The van der Waals surface area contributed by atoms with Crippen LogP contribution in [0, 0.1) is 0 Å². The lowest BCUT2D eigenvalue weighted by molar-refractivity contribution is -0.119. The van der Waals surface area contributed by atoms with Crippen LogP contribution in [0.25, 0.3) is 0 Å². The summed E-state index contributed by atoms with van der Waals surface area (Å²) >= 11 is 1.15. The van der Waals surface area contributed by atoms with E-state index in [1.54, 1.807) is 5.38 Å². The van der Waals surface area contributed by atoms with Crippen molar-refractivity contribution in [1.82, 2.24) is 5.32 Å². The molecule has 0 aliphatic heterocycles. The van der Waals surface area contributed by atoms with Crippen molar-refractivity contribution in [2.24, 2.45) is 0 Å². The van der Waals surface area contributed by atoms with Crippen molar-refractivity contribution in [3.8, 4) is 0 Å². The van der Waals surface area contributed by atoms with Gasteiger partial charge >= 0.3 is 5.97 Å². The minimum Gasteiger partial charge on any atom is -0.478 e. The zero-order valence-corrected chi connectivity index (χ0v) is 9.97. The van der Waals surface area contributed by atoms with Gasteiger partial charge in [0, 0.05) is 19.9 Å². The molecule has 1 aromatic heterocycles. The van der Waals surface area contributed by atoms with Gasteiger partial charge in [-0.1, -0.05) is 0 Å². The van der Waals surface area contributed by atoms with Gasteiger partial charge in [0.1, 0.15) is 5.00 Å². The van der Waals surface area contributed by atoms with Crippen molar-refractivity contribution in [1.29, 1.82) is 0 Å². The molecule has 0 saturated carbocycles. The van der Waals surface area contributed by atoms with Crippen LogP contribution in [0.1, 0.15) is 23.7 Å². The van der Waals surface area contributed by atoms with Crippen LogP contribution in [-0.2, 0) is 9.59 Å². The van der Waals surface area contributed by atoms with Crippen molar-refractivity contribution in [3.63, 3.8) is 0 Å². The monoisotopic (exact) mass is 256 g/mol. The average Bonchev–Trinajstić information content (AvgIpc) is 2.65. The van der Waals surface area contributed by atoms with Gasteiger partial charge in [-0.15, -0.1) is 11.3 Å². The average molecular weight is 256 g/mol. The van der Waals surface area contributed by atoms with E-state index in [2.05, 4.69) is 10.6 Å². The van der Waals surface area contributed by atoms with Gasteiger partial charge in [0.25, 0.3) is 0 Å². The first kappa shape index (κ1) is 13.2. The van der Waals surface area contributed by atoms with Gasteiger partial charge in [-0.05, 0) is 11.4 Å². The van der Waals surface area contributed by atoms with Crippen molar-refractivity contribution >= 4 is 34.1 Å². The van der Waals surface area contributed by atoms with Gasteiger partial charge in [-0.25, -0.2) is 4.79 Å². The van der Waals surface area contributed by atoms with E-state index in [-0.39, 0.29) is 30.3 Å². The molecular formula is C10H12N2O4S. The Morgan fingerprint density at radius 1 is 1.41 bits per heavy atom. The number of hydrogen-bond acceptors (Lipinski definition) is 4. The van der Waals surface area contributed by atoms with Crippen molar-refractivity contribution in [3.05, 3.63) is 17.0 Å². The minimum absolute atomic E-state index is 0.0721. The second-order valence-electron chi connectivity index (χ2n) is 3.25. The molecule has 0 atom stereocenters. The molecule has 0 radical (unpaired) electrons. The summed E-state index contributed by atoms with van der Waals surface area (Å²) in [5, 5.41) is 15.7. The fraction of sp³-hybridized carbons (Fsp3) is 0.300. The van der Waals surface area contributed by atoms with Gasteiger partial charge in [-0.3, -0.25) is 9.59 Å². The summed E-state index contributed by atoms with van der Waals surface area (Å²) in [4.78, 5) is 32.8. The predicted octanol–water partition coefficient (Wildman–Crippen LogP) is 0.911. The Hall–Kier alpha value is -1.89. The Morgan fingerprint density at radius 2 is 2.12 bits per heavy atom. The third-order valence-corrected chi connectivity index (χ3v) is 2.70. The van der Waals surface area contributed by atoms with Gasteiger partial charge < -0.3 is 15.7 Å². The smallest absolute Gasteiger partial charge is 0.338 e. The summed E-state index contributed by atoms with van der Waals surface area (Å²) in [6, 6.07) is 1.43. The maximum absolute atomic E-state index is 11.4. The number of rotatable bonds is 5. The van der Waals surface area contributed by atoms with E-state index in [9.17, 15) is 14.4 Å². The molecule has 3 N–H and O–H groups in total. The number of nitrogens with one attached hydrogen (secondary N) is 2. The van der Waals surface area contributed by atoms with E-state index in [1.807, 2.05) is 0 Å². The largest absolute Gasteiger partial charge is 0.478 e. The molecule has 17 heavy (non-hydrogen) atoms. The molecule has 0 saturated heterocycles. The third kappa shape index (κ3) is 4.23. The van der Waals surface area contributed by atoms with Gasteiger partial charge in [0.15, 0.2) is 0 Å². The Labute approximate surface area is 102 Å². The molecule has 2 amide bonds. The summed E-state index contributed by atoms with van der Waals surface area (Å²) in [5.74, 6) is -1.62. The van der Waals surface area contributed by atoms with Crippen LogP contribution in [0.3, 0.4) is 0 Å². The summed E-state index contributed by atoms with van der Waals surface area (Å²) in [6.45, 7) is 1.59. The van der Waals surface area contributed by atoms with Gasteiger partial charge in [-0.2, -0.15) is 0 Å². The Bertz CT molecular complexity index is 441. The number of carbonyl (C=O) groups is 3. The van der Waals surface area contributed by atoms with Crippen LogP contribution >= 0.6 is 11.3 Å². The summed E-state index contributed by atoms with van der Waals surface area (Å²) in [6.07, 6.45) is 0.108. The molecule has 1 rings (SSSR count). The number of carboxylic acid groups (broad SMARTS) is 1. The molecule has 7 heteroatoms. The minimum atomic E-state index is -1.08. The second-order valence-corrected chi connectivity index (χ2v) is 4.17. The lowest BCUT2D eigenvalue weighted by Crippen LogP contribution is -2.25. The van der Waals surface area contributed by atoms with Gasteiger partial charge in [0.05, 0.1) is 5.56 Å². The van der Waals surface area contributed by atoms with E-state index in [1.165, 1.54) is 13.0 Å². The number of carbonyl (C=O) groups excluding carboxylic acids is 2. The highest BCUT2D eigenvalue weighted by Crippen LogP contribution is 2.23. The van der Waals surface area contributed by atoms with Crippen molar-refractivity contribution in [2.75, 3.05) is 11.9 Å². The summed E-state index contributed by atoms with van der Waals surface area (Å²) in [7, 11) is 0. The zero-order chi connectivity index (χ0) is 12.8. The molecule has 1 heterocycles. The maximum atomic E-state index is 11.4. The first-order chi connectivity index (χ1) is 8.00. The summed E-state index contributed by atoms with van der Waals surface area (Å²) < 4.78 is 0. The molecule has 0 bridgehead atoms. The Balaban J connectivity index is 2.48. The topological polar surface area (TPSA) is 95.5 Å². The number of thiophene rings is 1. The van der Waals surface area contributed by atoms with E-state index in [0.29, 0.717) is 5.00 Å². The van der Waals surface area contributed by atoms with E-state index in [0.717, 1.165) is 11.3 Å². The predicted molar refractivity (Wildman–Crippen MR) is 63.2 cm³/mol. The number of hydrogen-bond donors (Lipinski definition) is 3. The van der Waals surface area contributed by atoms with Crippen LogP contribution in [0.15, 0.2) is 11.4 Å². The molecule has 0 aromatic carbocycles. The maximum Gasteiger partial charge on any atom is 0.338 e. The molecule has 1 aromatic rings. The SMILES string of the molecule is CC(=O)NCCC(=O)Nc1sccc1C(=O)O. The first-order valence-corrected chi connectivity index (χ1v) is 5.73. The standard InChI is InChI=1S/C10H12N2O4S/c1-6(13)11-4-2-8(14)12-9-7(10(15)16)3-5-17-9/h3,5H,2,4H2,1H3,(H,11,13)(H,12,14)(H,15,16). The quantitative estimate of drug-likeness (QED) is 0.729. The molecule has 6 nitrogen and oxygen atoms in total. The number of anilines is 1. The molecule has 0 spiro atoms. The van der Waals surface area contributed by atoms with E-state index < -0.39 is 5.97 Å². The molecular weight excluding hydrogens is 244 g/mol. The highest BCUT2D eigenvalue weighted by molar-refractivity contribution is 7.14. The highest BCUT2D eigenvalue weighted by atomic mass is 32.1. The summed E-state index contributed by atoms with van der Waals surface area (Å²) in [5.41, 5.74) is 0.0721. The molecule has 0 fully saturated rings. The first-order valence-electron chi connectivity index (χ1n) is 4.85. The van der Waals surface area contributed by atoms with Crippen molar-refractivity contribution in [2.45, 2.75) is 13.3 Å². The van der Waals surface area contributed by atoms with Gasteiger partial charge in [0.2, 0.25) is 11.8 Å². The molecule has 0 aliphatic rings. The van der Waals surface area contributed by atoms with Crippen LogP contribution < -0.4 is 10.6 Å². The highest BCUT2D eigenvalue weighted by Gasteiger charge is 2.13. The van der Waals surface area contributed by atoms with Crippen LogP contribution in [0.4, 0.5) is 5.00 Å². The van der Waals surface area contributed by atoms with Crippen LogP contribution in [-0.4, -0.2) is 29.4 Å². The van der Waals surface area contributed by atoms with Crippen LogP contribution in [0.2, 0.25) is 0 Å². The fourth-order valence-corrected chi connectivity index (χ4v) is 1.91. The second kappa shape index (κ2) is 6.00. The zero-order valence-electron chi connectivity index (χ0n) is 9.15. The molecule has 0 unspecified atom stereocenters. The van der Waals surface area contributed by atoms with Crippen molar-refractivity contribution < 1.29 is 19.5 Å². The third-order valence-electron chi connectivity index (χ3n) is 1.87. The number of carboxylic acids is 1. The normalized spacial score (nSPS) is 9.71. The Kier molecular flexibility index (Phi) is 4.65.